The Hall–Kier alpha value is -1.23. The topological polar surface area (TPSA) is 38.3 Å². The van der Waals surface area contributed by atoms with Gasteiger partial charge in [0.25, 0.3) is 0 Å². The molecule has 1 atom stereocenters. The maximum Gasteiger partial charge on any atom is 0.408 e. The Morgan fingerprint density at radius 1 is 1.47 bits per heavy atom. The number of halogens is 2. The van der Waals surface area contributed by atoms with Gasteiger partial charge in [-0.15, -0.1) is 0 Å². The number of benzene rings is 1. The summed E-state index contributed by atoms with van der Waals surface area (Å²) < 4.78 is 18.7. The number of rotatable bonds is 2. The molecule has 1 rings (SSSR count). The van der Waals surface area contributed by atoms with Crippen molar-refractivity contribution in [2.75, 3.05) is 0 Å². The number of carbonyl (C=O) groups excluding carboxylic acids is 1. The van der Waals surface area contributed by atoms with Crippen molar-refractivity contribution in [2.45, 2.75) is 39.3 Å². The maximum absolute atomic E-state index is 13.6. The number of hydrogen-bond acceptors (Lipinski definition) is 2. The van der Waals surface area contributed by atoms with Crippen LogP contribution in [-0.4, -0.2) is 19.5 Å². The van der Waals surface area contributed by atoms with Gasteiger partial charge in [-0.1, -0.05) is 11.6 Å². The van der Waals surface area contributed by atoms with E-state index in [1.54, 1.807) is 41.6 Å². The van der Waals surface area contributed by atoms with Crippen molar-refractivity contribution in [2.24, 2.45) is 0 Å². The Morgan fingerprint density at radius 3 is 2.53 bits per heavy atom. The van der Waals surface area contributed by atoms with Crippen LogP contribution in [0.4, 0.5) is 9.18 Å². The highest BCUT2D eigenvalue weighted by atomic mass is 35.5. The van der Waals surface area contributed by atoms with E-state index < -0.39 is 11.7 Å². The first kappa shape index (κ1) is 15.8. The summed E-state index contributed by atoms with van der Waals surface area (Å²) >= 11 is 5.92. The van der Waals surface area contributed by atoms with E-state index in [2.05, 4.69) is 5.32 Å². The quantitative estimate of drug-likeness (QED) is 0.847. The molecule has 0 aromatic heterocycles. The Bertz CT molecular complexity index is 465. The number of nitrogens with one attached hydrogen (secondary N) is 1. The van der Waals surface area contributed by atoms with E-state index >= 15 is 0 Å². The predicted octanol–water partition coefficient (Wildman–Crippen LogP) is 2.32. The minimum atomic E-state index is -0.569. The molecular formula is C13H18BClFNO2. The molecule has 0 fully saturated rings. The molecule has 1 aromatic rings. The third-order valence-corrected chi connectivity index (χ3v) is 2.93. The zero-order valence-electron chi connectivity index (χ0n) is 11.8. The molecule has 104 valence electrons. The molecule has 1 aromatic carbocycles. The standard InChI is InChI=1S/C13H18BClFNO2/c1-7(17-12(18)19-13(2,3)4)8-5-9(15)11(14)10(16)6-8/h5-7H,14H2,1-4H3,(H,17,18). The molecule has 0 spiro atoms. The summed E-state index contributed by atoms with van der Waals surface area (Å²) in [6.45, 7) is 7.07. The Morgan fingerprint density at radius 2 is 2.05 bits per heavy atom. The van der Waals surface area contributed by atoms with Gasteiger partial charge >= 0.3 is 6.09 Å². The average Bonchev–Trinajstić information content (AvgIpc) is 2.22. The van der Waals surface area contributed by atoms with Gasteiger partial charge in [0.15, 0.2) is 0 Å². The van der Waals surface area contributed by atoms with Gasteiger partial charge in [0.1, 0.15) is 19.3 Å². The number of hydrogen-bond donors (Lipinski definition) is 1. The smallest absolute Gasteiger partial charge is 0.408 e. The number of ether oxygens (including phenoxy) is 1. The van der Waals surface area contributed by atoms with Gasteiger partial charge < -0.3 is 10.1 Å². The predicted molar refractivity (Wildman–Crippen MR) is 77.4 cm³/mol. The third-order valence-electron chi connectivity index (χ3n) is 2.54. The molecule has 1 N–H and O–H groups in total. The van der Waals surface area contributed by atoms with E-state index in [4.69, 9.17) is 16.3 Å². The molecule has 0 saturated heterocycles. The molecule has 1 amide bonds. The monoisotopic (exact) mass is 285 g/mol. The van der Waals surface area contributed by atoms with Crippen molar-refractivity contribution in [3.63, 3.8) is 0 Å². The van der Waals surface area contributed by atoms with Crippen molar-refractivity contribution in [1.29, 1.82) is 0 Å². The van der Waals surface area contributed by atoms with Gasteiger partial charge in [-0.2, -0.15) is 0 Å². The van der Waals surface area contributed by atoms with E-state index in [0.29, 0.717) is 16.0 Å². The fourth-order valence-corrected chi connectivity index (χ4v) is 1.70. The van der Waals surface area contributed by atoms with Gasteiger partial charge in [-0.3, -0.25) is 0 Å². The van der Waals surface area contributed by atoms with Crippen LogP contribution >= 0.6 is 11.6 Å². The molecule has 3 nitrogen and oxygen atoms in total. The van der Waals surface area contributed by atoms with E-state index in [0.717, 1.165) is 0 Å². The van der Waals surface area contributed by atoms with Crippen molar-refractivity contribution < 1.29 is 13.9 Å². The molecule has 0 saturated carbocycles. The zero-order valence-corrected chi connectivity index (χ0v) is 12.6. The first-order chi connectivity index (χ1) is 8.60. The molecule has 0 bridgehead atoms. The first-order valence-corrected chi connectivity index (χ1v) is 6.43. The Balaban J connectivity index is 2.79. The van der Waals surface area contributed by atoms with Gasteiger partial charge in [-0.25, -0.2) is 9.18 Å². The van der Waals surface area contributed by atoms with Crippen LogP contribution in [0.15, 0.2) is 12.1 Å². The lowest BCUT2D eigenvalue weighted by Crippen LogP contribution is -2.34. The van der Waals surface area contributed by atoms with Gasteiger partial charge in [-0.05, 0) is 50.9 Å². The van der Waals surface area contributed by atoms with E-state index in [1.165, 1.54) is 6.07 Å². The summed E-state index contributed by atoms with van der Waals surface area (Å²) in [5, 5.41) is 2.98. The second-order valence-corrected chi connectivity index (χ2v) is 5.88. The van der Waals surface area contributed by atoms with Gasteiger partial charge in [0.2, 0.25) is 0 Å². The van der Waals surface area contributed by atoms with Crippen LogP contribution in [0.25, 0.3) is 0 Å². The lowest BCUT2D eigenvalue weighted by Gasteiger charge is -2.22. The van der Waals surface area contributed by atoms with Gasteiger partial charge in [0, 0.05) is 5.02 Å². The number of amides is 1. The third kappa shape index (κ3) is 4.75. The molecule has 0 aliphatic rings. The van der Waals surface area contributed by atoms with E-state index in [1.807, 2.05) is 0 Å². The minimum absolute atomic E-state index is 0.341. The van der Waals surface area contributed by atoms with Crippen molar-refractivity contribution in [3.8, 4) is 0 Å². The fourth-order valence-electron chi connectivity index (χ4n) is 1.48. The lowest BCUT2D eigenvalue weighted by molar-refractivity contribution is 0.0508. The van der Waals surface area contributed by atoms with Crippen LogP contribution in [0.3, 0.4) is 0 Å². The van der Waals surface area contributed by atoms with Crippen molar-refractivity contribution in [3.05, 3.63) is 28.5 Å². The highest BCUT2D eigenvalue weighted by Gasteiger charge is 2.19. The number of alkyl carbamates (subject to hydrolysis) is 1. The van der Waals surface area contributed by atoms with Crippen molar-refractivity contribution >= 4 is 31.0 Å². The molecule has 0 radical (unpaired) electrons. The summed E-state index contributed by atoms with van der Waals surface area (Å²) in [6, 6.07) is 2.62. The molecule has 19 heavy (non-hydrogen) atoms. The maximum atomic E-state index is 13.6. The van der Waals surface area contributed by atoms with Crippen LogP contribution in [0.5, 0.6) is 0 Å². The second-order valence-electron chi connectivity index (χ2n) is 5.48. The summed E-state index contributed by atoms with van der Waals surface area (Å²) in [7, 11) is 1.60. The summed E-state index contributed by atoms with van der Waals surface area (Å²) in [4.78, 5) is 11.6. The Kier molecular flexibility index (Phi) is 4.85. The largest absolute Gasteiger partial charge is 0.444 e. The van der Waals surface area contributed by atoms with E-state index in [9.17, 15) is 9.18 Å². The molecular weight excluding hydrogens is 267 g/mol. The fraction of sp³-hybridized carbons (Fsp3) is 0.462. The summed E-state index contributed by atoms with van der Waals surface area (Å²) in [5.41, 5.74) is 0.425. The van der Waals surface area contributed by atoms with E-state index in [-0.39, 0.29) is 11.9 Å². The molecule has 1 unspecified atom stereocenters. The summed E-state index contributed by atoms with van der Waals surface area (Å²) in [5.74, 6) is -0.389. The minimum Gasteiger partial charge on any atom is -0.444 e. The van der Waals surface area contributed by atoms with Crippen LogP contribution in [0.2, 0.25) is 5.02 Å². The summed E-state index contributed by atoms with van der Waals surface area (Å²) in [6.07, 6.45) is -0.544. The van der Waals surface area contributed by atoms with Crippen LogP contribution in [-0.2, 0) is 4.74 Å². The highest BCUT2D eigenvalue weighted by Crippen LogP contribution is 2.18. The molecule has 6 heteroatoms. The zero-order chi connectivity index (χ0) is 14.8. The van der Waals surface area contributed by atoms with Gasteiger partial charge in [0.05, 0.1) is 6.04 Å². The number of carbonyl (C=O) groups is 1. The first-order valence-electron chi connectivity index (χ1n) is 6.05. The normalized spacial score (nSPS) is 12.9. The SMILES string of the molecule is Bc1c(F)cc(C(C)NC(=O)OC(C)(C)C)cc1Cl. The second kappa shape index (κ2) is 5.82. The van der Waals surface area contributed by atoms with Crippen LogP contribution < -0.4 is 10.8 Å². The van der Waals surface area contributed by atoms with Crippen LogP contribution in [0.1, 0.15) is 39.3 Å². The molecule has 0 aliphatic heterocycles. The van der Waals surface area contributed by atoms with Crippen molar-refractivity contribution in [1.82, 2.24) is 5.32 Å². The molecule has 0 heterocycles. The average molecular weight is 286 g/mol. The Labute approximate surface area is 118 Å². The highest BCUT2D eigenvalue weighted by molar-refractivity contribution is 6.45. The lowest BCUT2D eigenvalue weighted by atomic mass is 9.93. The molecule has 0 aliphatic carbocycles. The van der Waals surface area contributed by atoms with Crippen LogP contribution in [0, 0.1) is 5.82 Å².